The Morgan fingerprint density at radius 3 is 1.40 bits per heavy atom. The Hall–Kier alpha value is -0.870. The second-order valence-corrected chi connectivity index (χ2v) is 10.0. The molecule has 0 atom stereocenters. The average molecular weight is 473 g/mol. The van der Waals surface area contributed by atoms with E-state index in [1.54, 1.807) is 0 Å². The summed E-state index contributed by atoms with van der Waals surface area (Å²) in [7, 11) is -1.80. The van der Waals surface area contributed by atoms with Gasteiger partial charge < -0.3 is 4.52 Å². The van der Waals surface area contributed by atoms with E-state index >= 15 is 0 Å². The van der Waals surface area contributed by atoms with Crippen LogP contribution in [0.3, 0.4) is 0 Å². The predicted octanol–water partition coefficient (Wildman–Crippen LogP) is 7.03. The van der Waals surface area contributed by atoms with E-state index in [0.717, 1.165) is 11.1 Å². The molecule has 2 aromatic carbocycles. The fraction of sp³-hybridized carbons (Fsp3) is 0.478. The molecule has 2 rings (SSSR count). The summed E-state index contributed by atoms with van der Waals surface area (Å²) in [6, 6.07) is 19.8. The van der Waals surface area contributed by atoms with Crippen molar-refractivity contribution in [3.8, 4) is 0 Å². The summed E-state index contributed by atoms with van der Waals surface area (Å²) in [5, 5.41) is 0. The Balaban J connectivity index is 0.00000103. The van der Waals surface area contributed by atoms with Crippen LogP contribution in [0.15, 0.2) is 60.7 Å². The van der Waals surface area contributed by atoms with Crippen molar-refractivity contribution in [3.63, 3.8) is 0 Å². The molecule has 0 aliphatic heterocycles. The minimum absolute atomic E-state index is 0.361. The third-order valence-corrected chi connectivity index (χ3v) is 7.48. The van der Waals surface area contributed by atoms with Gasteiger partial charge in [-0.15, -0.1) is 23.2 Å². The first-order valence-corrected chi connectivity index (χ1v) is 13.0. The normalized spacial score (nSPS) is 11.4. The number of alkyl halides is 2. The highest BCUT2D eigenvalue weighted by Gasteiger charge is 2.37. The highest BCUT2D eigenvalue weighted by atomic mass is 35.5. The van der Waals surface area contributed by atoms with Crippen LogP contribution in [0.25, 0.3) is 0 Å². The Bertz CT molecular complexity index is 662. The van der Waals surface area contributed by atoms with E-state index in [4.69, 9.17) is 27.7 Å². The lowest BCUT2D eigenvalue weighted by Gasteiger charge is -2.37. The smallest absolute Gasteiger partial charge is 0.309 e. The maximum Gasteiger partial charge on any atom is 0.346 e. The van der Waals surface area contributed by atoms with Gasteiger partial charge in [-0.05, 0) is 11.1 Å². The Labute approximate surface area is 192 Å². The van der Waals surface area contributed by atoms with Crippen LogP contribution in [-0.2, 0) is 22.2 Å². The van der Waals surface area contributed by atoms with E-state index in [9.17, 15) is 4.57 Å². The van der Waals surface area contributed by atoms with E-state index in [1.165, 1.54) is 20.0 Å². The first-order valence-electron chi connectivity index (χ1n) is 10.4. The van der Waals surface area contributed by atoms with E-state index < -0.39 is 7.67 Å². The molecule has 0 fully saturated rings. The minimum Gasteiger partial charge on any atom is -0.309 e. The van der Waals surface area contributed by atoms with Gasteiger partial charge in [0.2, 0.25) is 0 Å². The molecular formula is C23H35Cl2N2O2P. The van der Waals surface area contributed by atoms with Gasteiger partial charge in [0.05, 0.1) is 0 Å². The van der Waals surface area contributed by atoms with Gasteiger partial charge in [-0.25, -0.2) is 9.34 Å². The van der Waals surface area contributed by atoms with Crippen molar-refractivity contribution in [2.75, 3.05) is 32.0 Å². The van der Waals surface area contributed by atoms with Crippen LogP contribution >= 0.6 is 30.9 Å². The maximum atomic E-state index is 13.9. The summed E-state index contributed by atoms with van der Waals surface area (Å²) in [4.78, 5) is 0. The van der Waals surface area contributed by atoms with Gasteiger partial charge in [-0.3, -0.25) is 4.57 Å². The Morgan fingerprint density at radius 1 is 0.767 bits per heavy atom. The van der Waals surface area contributed by atoms with Crippen molar-refractivity contribution in [1.82, 2.24) is 9.34 Å². The van der Waals surface area contributed by atoms with Gasteiger partial charge in [0.1, 0.15) is 0 Å². The topological polar surface area (TPSA) is 32.8 Å². The molecule has 0 radical (unpaired) electrons. The molecule has 2 aromatic rings. The van der Waals surface area contributed by atoms with E-state index in [-0.39, 0.29) is 0 Å². The average Bonchev–Trinajstić information content (AvgIpc) is 2.79. The summed E-state index contributed by atoms with van der Waals surface area (Å²) < 4.78 is 23.1. The van der Waals surface area contributed by atoms with Gasteiger partial charge in [0.15, 0.2) is 0 Å². The summed E-state index contributed by atoms with van der Waals surface area (Å²) in [5.41, 5.74) is 2.11. The van der Waals surface area contributed by atoms with Crippen molar-refractivity contribution in [1.29, 1.82) is 0 Å². The van der Waals surface area contributed by atoms with Gasteiger partial charge in [0.25, 0.3) is 0 Å². The molecule has 168 valence electrons. The molecule has 0 aliphatic carbocycles. The Morgan fingerprint density at radius 2 is 1.13 bits per heavy atom. The van der Waals surface area contributed by atoms with Crippen LogP contribution in [0.2, 0.25) is 0 Å². The molecule has 0 aliphatic rings. The molecular weight excluding hydrogens is 438 g/mol. The second kappa shape index (κ2) is 15.9. The molecule has 0 N–H and O–H groups in total. The molecule has 0 saturated heterocycles. The number of unbranched alkanes of at least 4 members (excludes halogenated alkanes) is 1. The minimum atomic E-state index is -3.29. The van der Waals surface area contributed by atoms with Crippen LogP contribution in [0, 0.1) is 0 Å². The number of hydrogen-bond donors (Lipinski definition) is 0. The zero-order valence-corrected chi connectivity index (χ0v) is 20.8. The molecule has 0 bridgehead atoms. The lowest BCUT2D eigenvalue weighted by molar-refractivity contribution is 0.238. The van der Waals surface area contributed by atoms with Gasteiger partial charge in [-0.1, -0.05) is 87.4 Å². The summed E-state index contributed by atoms with van der Waals surface area (Å²) in [6.45, 7) is 6.25. The van der Waals surface area contributed by atoms with E-state index in [1.807, 2.05) is 70.0 Å². The highest BCUT2D eigenvalue weighted by Crippen LogP contribution is 2.54. The van der Waals surface area contributed by atoms with Crippen LogP contribution < -0.4 is 0 Å². The lowest BCUT2D eigenvalue weighted by atomic mass is 10.2. The van der Waals surface area contributed by atoms with Crippen molar-refractivity contribution >= 4 is 30.9 Å². The van der Waals surface area contributed by atoms with E-state index in [2.05, 4.69) is 13.8 Å². The lowest BCUT2D eigenvalue weighted by Crippen LogP contribution is -2.34. The van der Waals surface area contributed by atoms with Crippen molar-refractivity contribution in [2.24, 2.45) is 0 Å². The van der Waals surface area contributed by atoms with Crippen molar-refractivity contribution < 1.29 is 9.09 Å². The van der Waals surface area contributed by atoms with Crippen LogP contribution in [0.1, 0.15) is 37.8 Å². The number of rotatable bonds is 12. The van der Waals surface area contributed by atoms with Crippen molar-refractivity contribution in [2.45, 2.75) is 39.8 Å². The standard InChI is InChI=1S/C19H25Cl2N2O2P.C4H10/c1-25-26(24,22(14-12-20)16-18-8-4-2-5-9-18)23(15-13-21)17-19-10-6-3-7-11-19;1-3-4-2/h2-11H,12-17H2,1H3;3-4H2,1-2H3. The Kier molecular flexibility index (Phi) is 14.4. The summed E-state index contributed by atoms with van der Waals surface area (Å²) in [6.07, 6.45) is 2.64. The van der Waals surface area contributed by atoms with E-state index in [0.29, 0.717) is 37.9 Å². The summed E-state index contributed by atoms with van der Waals surface area (Å²) >= 11 is 12.0. The fourth-order valence-corrected chi connectivity index (χ4v) is 5.64. The molecule has 7 heteroatoms. The largest absolute Gasteiger partial charge is 0.346 e. The molecule has 30 heavy (non-hydrogen) atoms. The third kappa shape index (κ3) is 9.09. The molecule has 0 saturated carbocycles. The molecule has 4 nitrogen and oxygen atoms in total. The first-order chi connectivity index (χ1) is 14.5. The molecule has 0 aromatic heterocycles. The van der Waals surface area contributed by atoms with Crippen LogP contribution in [0.4, 0.5) is 0 Å². The van der Waals surface area contributed by atoms with Gasteiger partial charge >= 0.3 is 7.67 Å². The zero-order chi connectivity index (χ0) is 22.2. The maximum absolute atomic E-state index is 13.9. The molecule has 0 heterocycles. The summed E-state index contributed by atoms with van der Waals surface area (Å²) in [5.74, 6) is 0.723. The third-order valence-electron chi connectivity index (χ3n) is 4.55. The predicted molar refractivity (Wildman–Crippen MR) is 130 cm³/mol. The zero-order valence-electron chi connectivity index (χ0n) is 18.3. The second-order valence-electron chi connectivity index (χ2n) is 6.80. The monoisotopic (exact) mass is 472 g/mol. The van der Waals surface area contributed by atoms with Gasteiger partial charge in [-0.2, -0.15) is 0 Å². The molecule has 0 spiro atoms. The quantitative estimate of drug-likeness (QED) is 0.245. The van der Waals surface area contributed by atoms with Crippen LogP contribution in [0.5, 0.6) is 0 Å². The highest BCUT2D eigenvalue weighted by molar-refractivity contribution is 7.53. The number of nitrogens with zero attached hydrogens (tertiary/aromatic N) is 2. The molecule has 0 unspecified atom stereocenters. The first kappa shape index (κ1) is 27.2. The SMILES string of the molecule is CCCC.COP(=O)(N(CCCl)Cc1ccccc1)N(CCCl)Cc1ccccc1. The number of halogens is 2. The number of benzene rings is 2. The molecule has 0 amide bonds. The van der Waals surface area contributed by atoms with Gasteiger partial charge in [0, 0.05) is 45.0 Å². The number of hydrogen-bond acceptors (Lipinski definition) is 2. The van der Waals surface area contributed by atoms with Crippen LogP contribution in [-0.4, -0.2) is 41.3 Å². The fourth-order valence-electron chi connectivity index (χ4n) is 2.78. The van der Waals surface area contributed by atoms with Crippen molar-refractivity contribution in [3.05, 3.63) is 71.8 Å².